The highest BCUT2D eigenvalue weighted by molar-refractivity contribution is 5.97. The molecule has 20 heavy (non-hydrogen) atoms. The number of carbonyl (C=O) groups is 2. The van der Waals surface area contributed by atoms with E-state index in [1.165, 1.54) is 0 Å². The molecule has 0 radical (unpaired) electrons. The number of carboxylic acid groups (broad SMARTS) is 1. The molecule has 1 amide bonds. The number of rotatable bonds is 2. The van der Waals surface area contributed by atoms with Gasteiger partial charge < -0.3 is 10.0 Å². The zero-order valence-corrected chi connectivity index (χ0v) is 11.0. The monoisotopic (exact) mass is 283 g/mol. The van der Waals surface area contributed by atoms with Crippen LogP contribution in [0.1, 0.15) is 30.1 Å². The van der Waals surface area contributed by atoms with Gasteiger partial charge in [-0.25, -0.2) is 13.6 Å². The first kappa shape index (κ1) is 14.4. The number of hydrogen-bond donors (Lipinski definition) is 1. The Balaban J connectivity index is 2.35. The van der Waals surface area contributed by atoms with E-state index in [-0.39, 0.29) is 12.5 Å². The topological polar surface area (TPSA) is 57.6 Å². The van der Waals surface area contributed by atoms with Crippen LogP contribution in [0, 0.1) is 17.6 Å². The van der Waals surface area contributed by atoms with Gasteiger partial charge in [0.1, 0.15) is 17.7 Å². The standard InChI is InChI=1S/C14H15F2NO3/c1-8-3-2-6-17(12(8)14(19)20)13(18)10-7-9(15)4-5-11(10)16/h4-5,7-8,12H,2-3,6H2,1H3,(H,19,20). The summed E-state index contributed by atoms with van der Waals surface area (Å²) in [4.78, 5) is 24.7. The van der Waals surface area contributed by atoms with Crippen LogP contribution in [0.3, 0.4) is 0 Å². The number of halogens is 2. The molecule has 1 aromatic rings. The van der Waals surface area contributed by atoms with Crippen molar-refractivity contribution in [2.75, 3.05) is 6.54 Å². The van der Waals surface area contributed by atoms with Gasteiger partial charge in [-0.15, -0.1) is 0 Å². The predicted octanol–water partition coefficient (Wildman–Crippen LogP) is 2.29. The molecule has 0 saturated carbocycles. The molecule has 1 aliphatic heterocycles. The molecule has 4 nitrogen and oxygen atoms in total. The van der Waals surface area contributed by atoms with Crippen LogP contribution < -0.4 is 0 Å². The third-order valence-corrected chi connectivity index (χ3v) is 3.61. The molecule has 0 aliphatic carbocycles. The van der Waals surface area contributed by atoms with Crippen molar-refractivity contribution in [1.29, 1.82) is 0 Å². The average Bonchev–Trinajstić information content (AvgIpc) is 2.40. The maximum atomic E-state index is 13.6. The Labute approximate surface area is 115 Å². The first-order chi connectivity index (χ1) is 9.41. The van der Waals surface area contributed by atoms with E-state index < -0.39 is 35.1 Å². The lowest BCUT2D eigenvalue weighted by molar-refractivity contribution is -0.145. The van der Waals surface area contributed by atoms with Gasteiger partial charge in [-0.1, -0.05) is 6.92 Å². The average molecular weight is 283 g/mol. The fraction of sp³-hybridized carbons (Fsp3) is 0.429. The Morgan fingerprint density at radius 3 is 2.70 bits per heavy atom. The number of likely N-dealkylation sites (tertiary alicyclic amines) is 1. The van der Waals surface area contributed by atoms with Gasteiger partial charge in [-0.3, -0.25) is 4.79 Å². The molecule has 0 spiro atoms. The summed E-state index contributed by atoms with van der Waals surface area (Å²) in [5.41, 5.74) is -0.426. The lowest BCUT2D eigenvalue weighted by atomic mass is 9.90. The first-order valence-electron chi connectivity index (χ1n) is 6.40. The summed E-state index contributed by atoms with van der Waals surface area (Å²) in [6.07, 6.45) is 1.33. The van der Waals surface area contributed by atoms with Crippen molar-refractivity contribution >= 4 is 11.9 Å². The quantitative estimate of drug-likeness (QED) is 0.906. The molecule has 0 aromatic heterocycles. The fourth-order valence-electron chi connectivity index (χ4n) is 2.61. The van der Waals surface area contributed by atoms with Gasteiger partial charge in [0.15, 0.2) is 0 Å². The van der Waals surface area contributed by atoms with E-state index in [0.717, 1.165) is 23.1 Å². The van der Waals surface area contributed by atoms with Gasteiger partial charge in [-0.2, -0.15) is 0 Å². The third-order valence-electron chi connectivity index (χ3n) is 3.61. The van der Waals surface area contributed by atoms with Crippen molar-refractivity contribution in [3.8, 4) is 0 Å². The summed E-state index contributed by atoms with van der Waals surface area (Å²) >= 11 is 0. The van der Waals surface area contributed by atoms with Crippen molar-refractivity contribution in [1.82, 2.24) is 4.90 Å². The summed E-state index contributed by atoms with van der Waals surface area (Å²) in [5, 5.41) is 9.24. The van der Waals surface area contributed by atoms with E-state index in [2.05, 4.69) is 0 Å². The maximum Gasteiger partial charge on any atom is 0.326 e. The van der Waals surface area contributed by atoms with E-state index in [9.17, 15) is 23.5 Å². The zero-order chi connectivity index (χ0) is 14.9. The molecule has 1 fully saturated rings. The van der Waals surface area contributed by atoms with Gasteiger partial charge in [0.05, 0.1) is 5.56 Å². The minimum absolute atomic E-state index is 0.221. The Morgan fingerprint density at radius 1 is 1.35 bits per heavy atom. The van der Waals surface area contributed by atoms with E-state index in [4.69, 9.17) is 0 Å². The van der Waals surface area contributed by atoms with Gasteiger partial charge >= 0.3 is 5.97 Å². The third kappa shape index (κ3) is 2.64. The molecule has 2 rings (SSSR count). The van der Waals surface area contributed by atoms with Crippen LogP contribution in [-0.2, 0) is 4.79 Å². The highest BCUT2D eigenvalue weighted by Gasteiger charge is 2.38. The highest BCUT2D eigenvalue weighted by atomic mass is 19.1. The molecule has 6 heteroatoms. The normalized spacial score (nSPS) is 22.6. The van der Waals surface area contributed by atoms with Crippen LogP contribution >= 0.6 is 0 Å². The molecule has 0 bridgehead atoms. The van der Waals surface area contributed by atoms with Crippen molar-refractivity contribution in [3.05, 3.63) is 35.4 Å². The van der Waals surface area contributed by atoms with Gasteiger partial charge in [0, 0.05) is 6.54 Å². The smallest absolute Gasteiger partial charge is 0.326 e. The van der Waals surface area contributed by atoms with Crippen LogP contribution in [0.2, 0.25) is 0 Å². The number of aliphatic carboxylic acids is 1. The second-order valence-electron chi connectivity index (χ2n) is 5.03. The molecule has 1 heterocycles. The van der Waals surface area contributed by atoms with Crippen molar-refractivity contribution < 1.29 is 23.5 Å². The SMILES string of the molecule is CC1CCCN(C(=O)c2cc(F)ccc2F)C1C(=O)O. The van der Waals surface area contributed by atoms with E-state index >= 15 is 0 Å². The number of carboxylic acids is 1. The van der Waals surface area contributed by atoms with E-state index in [1.807, 2.05) is 0 Å². The van der Waals surface area contributed by atoms with Crippen LogP contribution in [0.5, 0.6) is 0 Å². The number of hydrogen-bond acceptors (Lipinski definition) is 2. The maximum absolute atomic E-state index is 13.6. The molecule has 1 N–H and O–H groups in total. The summed E-state index contributed by atoms with van der Waals surface area (Å²) in [6, 6.07) is 1.58. The number of carbonyl (C=O) groups excluding carboxylic acids is 1. The molecule has 2 unspecified atom stereocenters. The van der Waals surface area contributed by atoms with Gasteiger partial charge in [-0.05, 0) is 37.0 Å². The highest BCUT2D eigenvalue weighted by Crippen LogP contribution is 2.26. The Hall–Kier alpha value is -1.98. The summed E-state index contributed by atoms with van der Waals surface area (Å²) < 4.78 is 26.8. The van der Waals surface area contributed by atoms with Crippen molar-refractivity contribution in [3.63, 3.8) is 0 Å². The summed E-state index contributed by atoms with van der Waals surface area (Å²) in [6.45, 7) is 1.97. The van der Waals surface area contributed by atoms with E-state index in [1.54, 1.807) is 6.92 Å². The molecular weight excluding hydrogens is 268 g/mol. The van der Waals surface area contributed by atoms with Crippen LogP contribution in [0.25, 0.3) is 0 Å². The van der Waals surface area contributed by atoms with Crippen molar-refractivity contribution in [2.24, 2.45) is 5.92 Å². The zero-order valence-electron chi connectivity index (χ0n) is 11.0. The molecule has 1 aliphatic rings. The van der Waals surface area contributed by atoms with Crippen LogP contribution in [0.15, 0.2) is 18.2 Å². The van der Waals surface area contributed by atoms with Gasteiger partial charge in [0.25, 0.3) is 5.91 Å². The Kier molecular flexibility index (Phi) is 4.01. The van der Waals surface area contributed by atoms with Gasteiger partial charge in [0.2, 0.25) is 0 Å². The molecular formula is C14H15F2NO3. The van der Waals surface area contributed by atoms with Crippen molar-refractivity contribution in [2.45, 2.75) is 25.8 Å². The number of amides is 1. The lowest BCUT2D eigenvalue weighted by Gasteiger charge is -2.37. The minimum Gasteiger partial charge on any atom is -0.480 e. The molecule has 2 atom stereocenters. The number of benzene rings is 1. The molecule has 108 valence electrons. The number of nitrogens with zero attached hydrogens (tertiary/aromatic N) is 1. The fourth-order valence-corrected chi connectivity index (χ4v) is 2.61. The minimum atomic E-state index is -1.12. The lowest BCUT2D eigenvalue weighted by Crippen LogP contribution is -2.52. The second kappa shape index (κ2) is 5.56. The Morgan fingerprint density at radius 2 is 2.05 bits per heavy atom. The Bertz CT molecular complexity index is 547. The number of piperidine rings is 1. The first-order valence-corrected chi connectivity index (χ1v) is 6.40. The van der Waals surface area contributed by atoms with E-state index in [0.29, 0.717) is 12.8 Å². The predicted molar refractivity (Wildman–Crippen MR) is 67.2 cm³/mol. The molecule has 1 aromatic carbocycles. The summed E-state index contributed by atoms with van der Waals surface area (Å²) in [5.74, 6) is -3.70. The molecule has 1 saturated heterocycles. The second-order valence-corrected chi connectivity index (χ2v) is 5.03. The van der Waals surface area contributed by atoms with Crippen LogP contribution in [0.4, 0.5) is 8.78 Å². The summed E-state index contributed by atoms with van der Waals surface area (Å²) in [7, 11) is 0. The van der Waals surface area contributed by atoms with Crippen LogP contribution in [-0.4, -0.2) is 34.5 Å². The largest absolute Gasteiger partial charge is 0.480 e.